The Morgan fingerprint density at radius 2 is 1.44 bits per heavy atom. The lowest BCUT2D eigenvalue weighted by Crippen LogP contribution is -2.46. The number of hydrogen-bond acceptors (Lipinski definition) is 4. The third-order valence-corrected chi connectivity index (χ3v) is 7.14. The molecule has 0 unspecified atom stereocenters. The molecule has 0 atom stereocenters. The number of aryl methyl sites for hydroxylation is 1. The standard InChI is InChI=1S/C30H28ClN5/c1-22-29(25-12-14-26(31)15-13-25)30-32-27(24-10-6-3-7-11-24)20-28(36(30)33-22)35-18-16-34(17-19-35)21-23-8-4-2-5-9-23/h2-15,20H,16-19,21H2,1H3. The topological polar surface area (TPSA) is 36.7 Å². The van der Waals surface area contributed by atoms with Gasteiger partial charge in [-0.25, -0.2) is 4.98 Å². The maximum atomic E-state index is 6.18. The highest BCUT2D eigenvalue weighted by atomic mass is 35.5. The number of hydrogen-bond donors (Lipinski definition) is 0. The first-order valence-corrected chi connectivity index (χ1v) is 12.8. The minimum atomic E-state index is 0.722. The maximum Gasteiger partial charge on any atom is 0.166 e. The Morgan fingerprint density at radius 1 is 0.778 bits per heavy atom. The van der Waals surface area contributed by atoms with Crippen molar-refractivity contribution in [2.75, 3.05) is 31.1 Å². The summed E-state index contributed by atoms with van der Waals surface area (Å²) in [5.41, 5.74) is 7.37. The summed E-state index contributed by atoms with van der Waals surface area (Å²) < 4.78 is 2.03. The average Bonchev–Trinajstić information content (AvgIpc) is 3.26. The molecule has 0 saturated carbocycles. The summed E-state index contributed by atoms with van der Waals surface area (Å²) in [5.74, 6) is 1.08. The Labute approximate surface area is 216 Å². The molecule has 6 rings (SSSR count). The van der Waals surface area contributed by atoms with Crippen molar-refractivity contribution in [3.8, 4) is 22.4 Å². The van der Waals surface area contributed by atoms with Crippen molar-refractivity contribution in [1.29, 1.82) is 0 Å². The van der Waals surface area contributed by atoms with Gasteiger partial charge in [0.05, 0.1) is 11.4 Å². The van der Waals surface area contributed by atoms with Crippen molar-refractivity contribution < 1.29 is 0 Å². The Bertz CT molecular complexity index is 1470. The van der Waals surface area contributed by atoms with E-state index in [0.29, 0.717) is 0 Å². The number of anilines is 1. The largest absolute Gasteiger partial charge is 0.354 e. The molecule has 1 fully saturated rings. The van der Waals surface area contributed by atoms with Crippen LogP contribution in [0, 0.1) is 6.92 Å². The van der Waals surface area contributed by atoms with E-state index in [2.05, 4.69) is 77.4 Å². The molecule has 1 saturated heterocycles. The number of aromatic nitrogens is 3. The molecule has 5 nitrogen and oxygen atoms in total. The van der Waals surface area contributed by atoms with Crippen LogP contribution in [0.5, 0.6) is 0 Å². The van der Waals surface area contributed by atoms with Gasteiger partial charge in [-0.2, -0.15) is 9.61 Å². The van der Waals surface area contributed by atoms with Gasteiger partial charge in [0.2, 0.25) is 0 Å². The molecule has 1 aliphatic heterocycles. The molecular formula is C30H28ClN5. The van der Waals surface area contributed by atoms with Gasteiger partial charge >= 0.3 is 0 Å². The molecule has 3 heterocycles. The van der Waals surface area contributed by atoms with E-state index in [-0.39, 0.29) is 0 Å². The minimum absolute atomic E-state index is 0.722. The van der Waals surface area contributed by atoms with E-state index in [0.717, 1.165) is 77.3 Å². The lowest BCUT2D eigenvalue weighted by atomic mass is 10.1. The van der Waals surface area contributed by atoms with E-state index in [1.54, 1.807) is 0 Å². The molecule has 0 N–H and O–H groups in total. The molecule has 36 heavy (non-hydrogen) atoms. The summed E-state index contributed by atoms with van der Waals surface area (Å²) in [6, 6.07) is 31.2. The maximum absolute atomic E-state index is 6.18. The normalized spacial score (nSPS) is 14.4. The van der Waals surface area contributed by atoms with Gasteiger partial charge in [0.25, 0.3) is 0 Å². The van der Waals surface area contributed by atoms with Crippen LogP contribution in [-0.2, 0) is 6.54 Å². The summed E-state index contributed by atoms with van der Waals surface area (Å²) in [7, 11) is 0. The van der Waals surface area contributed by atoms with Gasteiger partial charge in [-0.1, -0.05) is 84.4 Å². The van der Waals surface area contributed by atoms with Gasteiger partial charge in [-0.3, -0.25) is 4.90 Å². The fourth-order valence-corrected chi connectivity index (χ4v) is 5.15. The van der Waals surface area contributed by atoms with E-state index in [9.17, 15) is 0 Å². The van der Waals surface area contributed by atoms with Crippen molar-refractivity contribution >= 4 is 23.1 Å². The second-order valence-electron chi connectivity index (χ2n) is 9.32. The van der Waals surface area contributed by atoms with Crippen molar-refractivity contribution in [3.63, 3.8) is 0 Å². The van der Waals surface area contributed by atoms with E-state index in [4.69, 9.17) is 21.7 Å². The number of nitrogens with zero attached hydrogens (tertiary/aromatic N) is 5. The van der Waals surface area contributed by atoms with Gasteiger partial charge in [0.1, 0.15) is 5.82 Å². The van der Waals surface area contributed by atoms with Crippen molar-refractivity contribution in [2.45, 2.75) is 13.5 Å². The zero-order valence-electron chi connectivity index (χ0n) is 20.3. The Hall–Kier alpha value is -3.67. The Balaban J connectivity index is 1.39. The smallest absolute Gasteiger partial charge is 0.166 e. The number of rotatable bonds is 5. The van der Waals surface area contributed by atoms with E-state index >= 15 is 0 Å². The van der Waals surface area contributed by atoms with Crippen LogP contribution in [-0.4, -0.2) is 45.7 Å². The zero-order valence-corrected chi connectivity index (χ0v) is 21.1. The van der Waals surface area contributed by atoms with Gasteiger partial charge < -0.3 is 4.90 Å². The molecule has 1 aliphatic rings. The third kappa shape index (κ3) is 4.48. The van der Waals surface area contributed by atoms with Gasteiger partial charge in [-0.15, -0.1) is 0 Å². The first kappa shape index (κ1) is 22.8. The Morgan fingerprint density at radius 3 is 2.14 bits per heavy atom. The number of benzene rings is 3. The lowest BCUT2D eigenvalue weighted by molar-refractivity contribution is 0.249. The minimum Gasteiger partial charge on any atom is -0.354 e. The van der Waals surface area contributed by atoms with Crippen LogP contribution in [0.3, 0.4) is 0 Å². The molecule has 0 aliphatic carbocycles. The Kier molecular flexibility index (Phi) is 6.18. The SMILES string of the molecule is Cc1nn2c(N3CCN(Cc4ccccc4)CC3)cc(-c3ccccc3)nc2c1-c1ccc(Cl)cc1. The van der Waals surface area contributed by atoms with E-state index < -0.39 is 0 Å². The quantitative estimate of drug-likeness (QED) is 0.286. The molecule has 3 aromatic carbocycles. The van der Waals surface area contributed by atoms with Crippen LogP contribution in [0.15, 0.2) is 91.0 Å². The summed E-state index contributed by atoms with van der Waals surface area (Å²) in [4.78, 5) is 10.1. The lowest BCUT2D eigenvalue weighted by Gasteiger charge is -2.36. The highest BCUT2D eigenvalue weighted by molar-refractivity contribution is 6.30. The van der Waals surface area contributed by atoms with Crippen LogP contribution in [0.1, 0.15) is 11.3 Å². The van der Waals surface area contributed by atoms with Gasteiger partial charge in [0.15, 0.2) is 5.65 Å². The summed E-state index contributed by atoms with van der Waals surface area (Å²) in [6.07, 6.45) is 0. The van der Waals surface area contributed by atoms with Crippen molar-refractivity contribution in [2.24, 2.45) is 0 Å². The average molecular weight is 494 g/mol. The number of halogens is 1. The summed E-state index contributed by atoms with van der Waals surface area (Å²) in [5, 5.41) is 5.70. The van der Waals surface area contributed by atoms with Crippen LogP contribution < -0.4 is 4.90 Å². The first-order valence-electron chi connectivity index (χ1n) is 12.4. The highest BCUT2D eigenvalue weighted by Crippen LogP contribution is 2.33. The molecule has 6 heteroatoms. The zero-order chi connectivity index (χ0) is 24.5. The molecule has 0 bridgehead atoms. The van der Waals surface area contributed by atoms with Crippen molar-refractivity contribution in [3.05, 3.63) is 107 Å². The summed E-state index contributed by atoms with van der Waals surface area (Å²) >= 11 is 6.18. The predicted molar refractivity (Wildman–Crippen MR) is 148 cm³/mol. The predicted octanol–water partition coefficient (Wildman–Crippen LogP) is 6.35. The monoisotopic (exact) mass is 493 g/mol. The second-order valence-corrected chi connectivity index (χ2v) is 9.75. The van der Waals surface area contributed by atoms with Crippen LogP contribution in [0.25, 0.3) is 28.0 Å². The molecule has 2 aromatic heterocycles. The second kappa shape index (κ2) is 9.76. The van der Waals surface area contributed by atoms with E-state index in [1.807, 2.05) is 34.8 Å². The number of piperazine rings is 1. The highest BCUT2D eigenvalue weighted by Gasteiger charge is 2.23. The van der Waals surface area contributed by atoms with Gasteiger partial charge in [0, 0.05) is 54.9 Å². The summed E-state index contributed by atoms with van der Waals surface area (Å²) in [6.45, 7) is 6.93. The molecule has 180 valence electrons. The molecule has 0 amide bonds. The molecule has 0 radical (unpaired) electrons. The molecule has 0 spiro atoms. The van der Waals surface area contributed by atoms with Crippen molar-refractivity contribution in [1.82, 2.24) is 19.5 Å². The van der Waals surface area contributed by atoms with E-state index in [1.165, 1.54) is 5.56 Å². The van der Waals surface area contributed by atoms with Crippen LogP contribution in [0.4, 0.5) is 5.82 Å². The fourth-order valence-electron chi connectivity index (χ4n) is 5.02. The van der Waals surface area contributed by atoms with Crippen LogP contribution in [0.2, 0.25) is 5.02 Å². The molecule has 5 aromatic rings. The number of fused-ring (bicyclic) bond motifs is 1. The van der Waals surface area contributed by atoms with Gasteiger partial charge in [-0.05, 0) is 30.2 Å². The molecular weight excluding hydrogens is 466 g/mol. The van der Waals surface area contributed by atoms with Crippen LogP contribution >= 0.6 is 11.6 Å². The third-order valence-electron chi connectivity index (χ3n) is 6.89. The first-order chi connectivity index (χ1) is 17.7. The fraction of sp³-hybridized carbons (Fsp3) is 0.200.